The number of imidazole rings is 1. The Morgan fingerprint density at radius 2 is 1.85 bits per heavy atom. The van der Waals surface area contributed by atoms with E-state index in [2.05, 4.69) is 10.3 Å². The van der Waals surface area contributed by atoms with E-state index in [1.54, 1.807) is 69.1 Å². The van der Waals surface area contributed by atoms with Crippen LogP contribution in [0.3, 0.4) is 0 Å². The fraction of sp³-hybridized carbons (Fsp3) is 0.393. The lowest BCUT2D eigenvalue weighted by Gasteiger charge is -2.28. The highest BCUT2D eigenvalue weighted by molar-refractivity contribution is 6.04. The number of aromatic nitrogens is 3. The molecule has 1 unspecified atom stereocenters. The van der Waals surface area contributed by atoms with Crippen LogP contribution >= 0.6 is 0 Å². The normalized spacial score (nSPS) is 15.2. The van der Waals surface area contributed by atoms with Crippen LogP contribution in [0, 0.1) is 6.92 Å². The Bertz CT molecular complexity index is 1360. The number of nitrogen functional groups attached to an aromatic ring is 1. The molecule has 1 fully saturated rings. The zero-order valence-electron chi connectivity index (χ0n) is 22.9. The smallest absolute Gasteiger partial charge is 0.410 e. The number of hydrogen-bond donors (Lipinski definition) is 2. The van der Waals surface area contributed by atoms with Gasteiger partial charge in [-0.3, -0.25) is 9.69 Å². The van der Waals surface area contributed by atoms with Crippen LogP contribution in [-0.4, -0.2) is 56.3 Å². The fourth-order valence-corrected chi connectivity index (χ4v) is 4.36. The highest BCUT2D eigenvalue weighted by Crippen LogP contribution is 2.35. The molecule has 0 radical (unpaired) electrons. The third-order valence-corrected chi connectivity index (χ3v) is 6.16. The summed E-state index contributed by atoms with van der Waals surface area (Å²) in [4.78, 5) is 49.1. The molecule has 1 saturated heterocycles. The Morgan fingerprint density at radius 3 is 2.46 bits per heavy atom. The molecule has 11 heteroatoms. The monoisotopic (exact) mass is 534 g/mol. The number of pyridine rings is 1. The number of carbonyl (C=O) groups is 3. The summed E-state index contributed by atoms with van der Waals surface area (Å²) in [6.07, 6.45) is 2.55. The summed E-state index contributed by atoms with van der Waals surface area (Å²) in [6.45, 7) is 9.66. The van der Waals surface area contributed by atoms with Crippen LogP contribution in [0.5, 0.6) is 0 Å². The Hall–Kier alpha value is -4.41. The molecule has 206 valence electrons. The minimum Gasteiger partial charge on any atom is -0.461 e. The maximum absolute atomic E-state index is 13.0. The molecule has 2 amide bonds. The first-order valence-corrected chi connectivity index (χ1v) is 12.9. The van der Waals surface area contributed by atoms with Gasteiger partial charge in [-0.05, 0) is 71.2 Å². The molecular formula is C28H34N6O5. The second-order valence-electron chi connectivity index (χ2n) is 10.3. The molecule has 0 spiro atoms. The molecular weight excluding hydrogens is 500 g/mol. The van der Waals surface area contributed by atoms with Gasteiger partial charge in [-0.15, -0.1) is 0 Å². The molecule has 1 aliphatic heterocycles. The number of rotatable bonds is 6. The molecule has 3 N–H and O–H groups in total. The van der Waals surface area contributed by atoms with Crippen molar-refractivity contribution >= 4 is 23.8 Å². The molecule has 0 bridgehead atoms. The number of nitrogens with one attached hydrogen (secondary N) is 1. The van der Waals surface area contributed by atoms with Crippen molar-refractivity contribution < 1.29 is 23.9 Å². The fourth-order valence-electron chi connectivity index (χ4n) is 4.36. The first-order valence-electron chi connectivity index (χ1n) is 12.9. The van der Waals surface area contributed by atoms with Crippen LogP contribution in [0.4, 0.5) is 10.6 Å². The molecule has 0 aliphatic carbocycles. The summed E-state index contributed by atoms with van der Waals surface area (Å²) < 4.78 is 12.0. The van der Waals surface area contributed by atoms with Gasteiger partial charge < -0.3 is 20.6 Å². The Morgan fingerprint density at radius 1 is 1.13 bits per heavy atom. The zero-order chi connectivity index (χ0) is 28.3. The lowest BCUT2D eigenvalue weighted by molar-refractivity contribution is 0.0216. The van der Waals surface area contributed by atoms with Crippen LogP contribution in [-0.2, 0) is 9.47 Å². The second kappa shape index (κ2) is 11.1. The number of likely N-dealkylation sites (tertiary alicyclic amines) is 1. The Balaban J connectivity index is 1.65. The molecule has 11 nitrogen and oxygen atoms in total. The van der Waals surface area contributed by atoms with Gasteiger partial charge in [0.1, 0.15) is 17.1 Å². The average molecular weight is 535 g/mol. The third kappa shape index (κ3) is 6.19. The number of hydrogen-bond acceptors (Lipinski definition) is 8. The van der Waals surface area contributed by atoms with Crippen LogP contribution in [0.2, 0.25) is 0 Å². The molecule has 1 atom stereocenters. The van der Waals surface area contributed by atoms with Crippen LogP contribution < -0.4 is 11.2 Å². The van der Waals surface area contributed by atoms with Gasteiger partial charge in [0.05, 0.1) is 12.6 Å². The number of benzene rings is 1. The van der Waals surface area contributed by atoms with Crippen LogP contribution in [0.15, 0.2) is 42.6 Å². The lowest BCUT2D eigenvalue weighted by Crippen LogP contribution is -2.37. The summed E-state index contributed by atoms with van der Waals surface area (Å²) in [5.74, 6) is 6.25. The van der Waals surface area contributed by atoms with Gasteiger partial charge in [0.25, 0.3) is 5.91 Å². The summed E-state index contributed by atoms with van der Waals surface area (Å²) >= 11 is 0. The SMILES string of the molecule is CCOC(=O)c1c(-c2ccc(C(=O)Nc3ccc(C)cn3)cc2)nc(C2CCCN2C(=O)OC(C)(C)C)n1N. The molecule has 1 aliphatic rings. The predicted molar refractivity (Wildman–Crippen MR) is 146 cm³/mol. The topological polar surface area (TPSA) is 142 Å². The average Bonchev–Trinajstić information content (AvgIpc) is 3.49. The first kappa shape index (κ1) is 27.6. The standard InChI is InChI=1S/C28H34N6O5/c1-6-38-26(36)23-22(18-10-12-19(13-11-18)25(35)31-21-14-9-17(2)16-30-21)32-24(34(23)29)20-8-7-15-33(20)27(37)39-28(3,4)5/h9-14,16,20H,6-8,15,29H2,1-5H3,(H,30,31,35). The number of nitrogens with zero attached hydrogens (tertiary/aromatic N) is 4. The van der Waals surface area contributed by atoms with Crippen molar-refractivity contribution in [1.82, 2.24) is 19.5 Å². The van der Waals surface area contributed by atoms with Crippen molar-refractivity contribution in [2.75, 3.05) is 24.3 Å². The van der Waals surface area contributed by atoms with Gasteiger partial charge in [0.2, 0.25) is 0 Å². The summed E-state index contributed by atoms with van der Waals surface area (Å²) in [6, 6.07) is 9.75. The van der Waals surface area contributed by atoms with Gasteiger partial charge in [-0.2, -0.15) is 0 Å². The minimum atomic E-state index is -0.660. The number of esters is 1. The maximum atomic E-state index is 13.0. The molecule has 3 aromatic rings. The van der Waals surface area contributed by atoms with Gasteiger partial charge in [-0.1, -0.05) is 18.2 Å². The lowest BCUT2D eigenvalue weighted by atomic mass is 10.1. The van der Waals surface area contributed by atoms with Crippen molar-refractivity contribution in [3.05, 3.63) is 65.2 Å². The highest BCUT2D eigenvalue weighted by atomic mass is 16.6. The molecule has 2 aromatic heterocycles. The molecule has 4 rings (SSSR count). The zero-order valence-corrected chi connectivity index (χ0v) is 22.9. The first-order chi connectivity index (χ1) is 18.5. The number of amides is 2. The van der Waals surface area contributed by atoms with E-state index in [9.17, 15) is 14.4 Å². The van der Waals surface area contributed by atoms with Gasteiger partial charge in [-0.25, -0.2) is 24.2 Å². The Labute approximate surface area is 227 Å². The summed E-state index contributed by atoms with van der Waals surface area (Å²) in [5, 5.41) is 2.76. The van der Waals surface area contributed by atoms with E-state index in [1.807, 2.05) is 13.0 Å². The van der Waals surface area contributed by atoms with E-state index in [-0.39, 0.29) is 18.2 Å². The maximum Gasteiger partial charge on any atom is 0.410 e. The van der Waals surface area contributed by atoms with E-state index in [4.69, 9.17) is 20.3 Å². The van der Waals surface area contributed by atoms with E-state index in [0.29, 0.717) is 41.4 Å². The molecule has 39 heavy (non-hydrogen) atoms. The van der Waals surface area contributed by atoms with Crippen molar-refractivity contribution in [3.63, 3.8) is 0 Å². The third-order valence-electron chi connectivity index (χ3n) is 6.16. The van der Waals surface area contributed by atoms with Gasteiger partial charge in [0.15, 0.2) is 11.5 Å². The predicted octanol–water partition coefficient (Wildman–Crippen LogP) is 4.47. The van der Waals surface area contributed by atoms with E-state index in [0.717, 1.165) is 12.0 Å². The van der Waals surface area contributed by atoms with Crippen LogP contribution in [0.1, 0.15) is 78.8 Å². The number of aryl methyl sites for hydroxylation is 1. The van der Waals surface area contributed by atoms with E-state index in [1.165, 1.54) is 4.68 Å². The van der Waals surface area contributed by atoms with Crippen molar-refractivity contribution in [2.45, 2.75) is 59.1 Å². The quantitative estimate of drug-likeness (QED) is 0.349. The Kier molecular flexibility index (Phi) is 7.89. The number of nitrogens with two attached hydrogens (primary N) is 1. The highest BCUT2D eigenvalue weighted by Gasteiger charge is 2.38. The molecule has 0 saturated carbocycles. The number of carbonyl (C=O) groups excluding carboxylic acids is 3. The van der Waals surface area contributed by atoms with Gasteiger partial charge in [0, 0.05) is 23.9 Å². The van der Waals surface area contributed by atoms with Crippen molar-refractivity contribution in [3.8, 4) is 11.3 Å². The summed E-state index contributed by atoms with van der Waals surface area (Å²) in [5.41, 5.74) is 1.65. The largest absolute Gasteiger partial charge is 0.461 e. The molecule has 1 aromatic carbocycles. The van der Waals surface area contributed by atoms with Crippen molar-refractivity contribution in [1.29, 1.82) is 0 Å². The summed E-state index contributed by atoms with van der Waals surface area (Å²) in [7, 11) is 0. The minimum absolute atomic E-state index is 0.0592. The van der Waals surface area contributed by atoms with Gasteiger partial charge >= 0.3 is 12.1 Å². The molecule has 3 heterocycles. The van der Waals surface area contributed by atoms with E-state index >= 15 is 0 Å². The van der Waals surface area contributed by atoms with Crippen molar-refractivity contribution in [2.24, 2.45) is 0 Å². The van der Waals surface area contributed by atoms with E-state index < -0.39 is 23.7 Å². The number of ether oxygens (including phenoxy) is 2. The van der Waals surface area contributed by atoms with Crippen LogP contribution in [0.25, 0.3) is 11.3 Å². The number of anilines is 1. The second-order valence-corrected chi connectivity index (χ2v) is 10.3.